The van der Waals surface area contributed by atoms with Crippen LogP contribution in [0.3, 0.4) is 0 Å². The lowest BCUT2D eigenvalue weighted by Gasteiger charge is -2.13. The van der Waals surface area contributed by atoms with E-state index in [9.17, 15) is 0 Å². The summed E-state index contributed by atoms with van der Waals surface area (Å²) in [5.74, 6) is 3.14. The van der Waals surface area contributed by atoms with Crippen molar-refractivity contribution in [2.75, 3.05) is 6.61 Å². The van der Waals surface area contributed by atoms with Gasteiger partial charge in [-0.1, -0.05) is 31.0 Å². The quantitative estimate of drug-likeness (QED) is 0.858. The third kappa shape index (κ3) is 3.18. The van der Waals surface area contributed by atoms with E-state index in [1.807, 2.05) is 30.3 Å². The average Bonchev–Trinajstić information content (AvgIpc) is 2.81. The molecule has 2 heterocycles. The minimum atomic E-state index is 0.655. The van der Waals surface area contributed by atoms with Crippen molar-refractivity contribution in [2.24, 2.45) is 0 Å². The number of aromatic nitrogens is 3. The van der Waals surface area contributed by atoms with Gasteiger partial charge >= 0.3 is 0 Å². The van der Waals surface area contributed by atoms with Gasteiger partial charge in [0.2, 0.25) is 0 Å². The maximum atomic E-state index is 5.75. The molecule has 2 aromatic rings. The van der Waals surface area contributed by atoms with Crippen molar-refractivity contribution < 1.29 is 4.74 Å². The number of rotatable bonds is 4. The Labute approximate surface area is 119 Å². The topological polar surface area (TPSA) is 39.9 Å². The van der Waals surface area contributed by atoms with Crippen molar-refractivity contribution in [3.05, 3.63) is 42.0 Å². The molecule has 1 aliphatic rings. The van der Waals surface area contributed by atoms with E-state index in [4.69, 9.17) is 4.74 Å². The molecule has 0 bridgehead atoms. The third-order valence-electron chi connectivity index (χ3n) is 3.77. The second-order valence-electron chi connectivity index (χ2n) is 5.26. The third-order valence-corrected chi connectivity index (χ3v) is 3.77. The molecular formula is C16H21N3O. The smallest absolute Gasteiger partial charge is 0.136 e. The number of para-hydroxylation sites is 1. The predicted octanol–water partition coefficient (Wildman–Crippen LogP) is 3.02. The molecule has 0 N–H and O–H groups in total. The largest absolute Gasteiger partial charge is 0.493 e. The molecule has 1 aromatic heterocycles. The maximum Gasteiger partial charge on any atom is 0.136 e. The van der Waals surface area contributed by atoms with E-state index in [1.165, 1.54) is 25.7 Å². The van der Waals surface area contributed by atoms with Crippen LogP contribution in [0.5, 0.6) is 5.75 Å². The molecule has 3 rings (SSSR count). The molecule has 1 aliphatic heterocycles. The Hall–Kier alpha value is -1.84. The highest BCUT2D eigenvalue weighted by Crippen LogP contribution is 2.15. The molecule has 1 aromatic carbocycles. The molecule has 0 spiro atoms. The SMILES string of the molecule is c1ccc(OCCc2nnc3n2CCCCCC3)cc1. The Morgan fingerprint density at radius 1 is 1.00 bits per heavy atom. The van der Waals surface area contributed by atoms with E-state index in [0.29, 0.717) is 6.61 Å². The molecule has 0 unspecified atom stereocenters. The van der Waals surface area contributed by atoms with Crippen molar-refractivity contribution in [1.82, 2.24) is 14.8 Å². The summed E-state index contributed by atoms with van der Waals surface area (Å²) in [6.07, 6.45) is 6.99. The van der Waals surface area contributed by atoms with Gasteiger partial charge in [-0.15, -0.1) is 10.2 Å². The van der Waals surface area contributed by atoms with E-state index in [-0.39, 0.29) is 0 Å². The van der Waals surface area contributed by atoms with Crippen LogP contribution in [-0.4, -0.2) is 21.4 Å². The van der Waals surface area contributed by atoms with Crippen LogP contribution in [0, 0.1) is 0 Å². The lowest BCUT2D eigenvalue weighted by molar-refractivity contribution is 0.315. The minimum absolute atomic E-state index is 0.655. The molecule has 20 heavy (non-hydrogen) atoms. The van der Waals surface area contributed by atoms with Gasteiger partial charge in [0.25, 0.3) is 0 Å². The summed E-state index contributed by atoms with van der Waals surface area (Å²) in [4.78, 5) is 0. The van der Waals surface area contributed by atoms with E-state index in [2.05, 4.69) is 14.8 Å². The summed E-state index contributed by atoms with van der Waals surface area (Å²) in [6, 6.07) is 9.93. The van der Waals surface area contributed by atoms with Crippen LogP contribution in [0.2, 0.25) is 0 Å². The van der Waals surface area contributed by atoms with Gasteiger partial charge in [0.05, 0.1) is 6.61 Å². The first-order valence-electron chi connectivity index (χ1n) is 7.52. The molecule has 4 nitrogen and oxygen atoms in total. The number of hydrogen-bond donors (Lipinski definition) is 0. The number of hydrogen-bond acceptors (Lipinski definition) is 3. The van der Waals surface area contributed by atoms with E-state index in [0.717, 1.165) is 36.8 Å². The Morgan fingerprint density at radius 3 is 2.75 bits per heavy atom. The fourth-order valence-corrected chi connectivity index (χ4v) is 2.68. The lowest BCUT2D eigenvalue weighted by atomic mass is 10.1. The lowest BCUT2D eigenvalue weighted by Crippen LogP contribution is -2.13. The second-order valence-corrected chi connectivity index (χ2v) is 5.26. The van der Waals surface area contributed by atoms with Crippen LogP contribution in [0.1, 0.15) is 37.3 Å². The fraction of sp³-hybridized carbons (Fsp3) is 0.500. The number of fused-ring (bicyclic) bond motifs is 1. The molecular weight excluding hydrogens is 250 g/mol. The van der Waals surface area contributed by atoms with Crippen molar-refractivity contribution in [1.29, 1.82) is 0 Å². The van der Waals surface area contributed by atoms with E-state index >= 15 is 0 Å². The summed E-state index contributed by atoms with van der Waals surface area (Å²) in [5, 5.41) is 8.69. The van der Waals surface area contributed by atoms with Crippen molar-refractivity contribution >= 4 is 0 Å². The van der Waals surface area contributed by atoms with E-state index < -0.39 is 0 Å². The van der Waals surface area contributed by atoms with Crippen LogP contribution in [-0.2, 0) is 19.4 Å². The number of aryl methyl sites for hydroxylation is 1. The highest BCUT2D eigenvalue weighted by molar-refractivity contribution is 5.20. The van der Waals surface area contributed by atoms with Gasteiger partial charge in [-0.3, -0.25) is 0 Å². The Bertz CT molecular complexity index is 536. The van der Waals surface area contributed by atoms with Crippen LogP contribution >= 0.6 is 0 Å². The summed E-state index contributed by atoms with van der Waals surface area (Å²) < 4.78 is 8.04. The van der Waals surface area contributed by atoms with Gasteiger partial charge < -0.3 is 9.30 Å². The summed E-state index contributed by atoms with van der Waals surface area (Å²) in [5.41, 5.74) is 0. The van der Waals surface area contributed by atoms with Crippen LogP contribution in [0.4, 0.5) is 0 Å². The van der Waals surface area contributed by atoms with Gasteiger partial charge in [0, 0.05) is 19.4 Å². The highest BCUT2D eigenvalue weighted by atomic mass is 16.5. The Morgan fingerprint density at radius 2 is 1.85 bits per heavy atom. The summed E-state index contributed by atoms with van der Waals surface area (Å²) in [7, 11) is 0. The molecule has 0 aliphatic carbocycles. The van der Waals surface area contributed by atoms with Crippen LogP contribution in [0.15, 0.2) is 30.3 Å². The zero-order valence-electron chi connectivity index (χ0n) is 11.8. The van der Waals surface area contributed by atoms with Gasteiger partial charge in [-0.05, 0) is 25.0 Å². The molecule has 106 valence electrons. The van der Waals surface area contributed by atoms with E-state index in [1.54, 1.807) is 0 Å². The number of benzene rings is 1. The highest BCUT2D eigenvalue weighted by Gasteiger charge is 2.13. The number of ether oxygens (including phenoxy) is 1. The minimum Gasteiger partial charge on any atom is -0.493 e. The zero-order valence-corrected chi connectivity index (χ0v) is 11.8. The second kappa shape index (κ2) is 6.55. The zero-order chi connectivity index (χ0) is 13.6. The molecule has 0 saturated heterocycles. The van der Waals surface area contributed by atoms with Crippen LogP contribution in [0.25, 0.3) is 0 Å². The Kier molecular flexibility index (Phi) is 4.31. The first kappa shape index (κ1) is 13.2. The molecule has 0 saturated carbocycles. The number of nitrogens with zero attached hydrogens (tertiary/aromatic N) is 3. The average molecular weight is 271 g/mol. The van der Waals surface area contributed by atoms with Gasteiger partial charge in [-0.25, -0.2) is 0 Å². The summed E-state index contributed by atoms with van der Waals surface area (Å²) >= 11 is 0. The van der Waals surface area contributed by atoms with Crippen molar-refractivity contribution in [3.63, 3.8) is 0 Å². The molecule has 4 heteroatoms. The first-order valence-corrected chi connectivity index (χ1v) is 7.52. The maximum absolute atomic E-state index is 5.75. The van der Waals surface area contributed by atoms with Crippen molar-refractivity contribution in [2.45, 2.75) is 45.1 Å². The monoisotopic (exact) mass is 271 g/mol. The summed E-state index contributed by atoms with van der Waals surface area (Å²) in [6.45, 7) is 1.71. The van der Waals surface area contributed by atoms with Crippen LogP contribution < -0.4 is 4.74 Å². The molecule has 0 radical (unpaired) electrons. The first-order chi connectivity index (χ1) is 9.93. The van der Waals surface area contributed by atoms with Gasteiger partial charge in [0.15, 0.2) is 0 Å². The normalized spacial score (nSPS) is 15.2. The predicted molar refractivity (Wildman–Crippen MR) is 77.8 cm³/mol. The fourth-order valence-electron chi connectivity index (χ4n) is 2.68. The van der Waals surface area contributed by atoms with Gasteiger partial charge in [0.1, 0.15) is 17.4 Å². The standard InChI is InChI=1S/C16H21N3O/c1-2-7-12-19-15(10-6-1)17-18-16(19)11-13-20-14-8-4-3-5-9-14/h3-5,8-9H,1-2,6-7,10-13H2. The Balaban J connectivity index is 1.60. The van der Waals surface area contributed by atoms with Crippen molar-refractivity contribution in [3.8, 4) is 5.75 Å². The molecule has 0 atom stereocenters. The van der Waals surface area contributed by atoms with Gasteiger partial charge in [-0.2, -0.15) is 0 Å². The molecule has 0 fully saturated rings. The molecule has 0 amide bonds.